The first-order valence-electron chi connectivity index (χ1n) is 12.3. The molecule has 1 fully saturated rings. The molecular weight excluding hydrogens is 489 g/mol. The molecule has 2 aromatic carbocycles. The molecule has 7 heteroatoms. The average Bonchev–Trinajstić information content (AvgIpc) is 2.90. The Morgan fingerprint density at radius 3 is 2.58 bits per heavy atom. The lowest BCUT2D eigenvalue weighted by molar-refractivity contribution is 0.437. The Morgan fingerprint density at radius 1 is 0.917 bits per heavy atom. The molecule has 1 saturated carbocycles. The van der Waals surface area contributed by atoms with Crippen molar-refractivity contribution < 1.29 is 0 Å². The molecule has 1 aromatic heterocycles. The largest absolute Gasteiger partial charge is 0.352 e. The van der Waals surface area contributed by atoms with Gasteiger partial charge in [-0.1, -0.05) is 54.6 Å². The molecule has 5 nitrogen and oxygen atoms in total. The Labute approximate surface area is 219 Å². The molecule has 0 atom stereocenters. The molecule has 0 amide bonds. The number of hydrogen-bond donors (Lipinski definition) is 1. The second kappa shape index (κ2) is 9.92. The van der Waals surface area contributed by atoms with E-state index in [0.717, 1.165) is 57.7 Å². The lowest BCUT2D eigenvalue weighted by Crippen LogP contribution is -2.19. The summed E-state index contributed by atoms with van der Waals surface area (Å²) < 4.78 is 2.16. The lowest BCUT2D eigenvalue weighted by Gasteiger charge is -2.22. The van der Waals surface area contributed by atoms with Gasteiger partial charge < -0.3 is 9.88 Å². The van der Waals surface area contributed by atoms with Crippen molar-refractivity contribution in [2.75, 3.05) is 5.32 Å². The number of nitrogens with one attached hydrogen (secondary N) is 1. The van der Waals surface area contributed by atoms with Crippen LogP contribution in [-0.4, -0.2) is 20.6 Å². The van der Waals surface area contributed by atoms with E-state index in [1.807, 2.05) is 48.7 Å². The summed E-state index contributed by atoms with van der Waals surface area (Å²) in [7, 11) is 0. The fraction of sp³-hybridized carbons (Fsp3) is 0.207. The molecule has 0 bridgehead atoms. The SMILES string of the molecule is Clc1ccc(-n2c3c/c(=N\C4CCCCC4)c(Nc4cccnc4)cc-3nc3ccccc32)c(Cl)c1. The highest BCUT2D eigenvalue weighted by molar-refractivity contribution is 6.35. The number of para-hydroxylation sites is 2. The van der Waals surface area contributed by atoms with Crippen LogP contribution in [0.25, 0.3) is 28.1 Å². The number of aromatic nitrogens is 3. The molecule has 1 aliphatic heterocycles. The third-order valence-electron chi connectivity index (χ3n) is 6.68. The third-order valence-corrected chi connectivity index (χ3v) is 7.22. The van der Waals surface area contributed by atoms with Gasteiger partial charge in [0.25, 0.3) is 0 Å². The minimum atomic E-state index is 0.312. The molecule has 180 valence electrons. The van der Waals surface area contributed by atoms with Crippen LogP contribution in [0.4, 0.5) is 11.4 Å². The van der Waals surface area contributed by atoms with E-state index in [2.05, 4.69) is 33.1 Å². The van der Waals surface area contributed by atoms with Crippen molar-refractivity contribution in [2.45, 2.75) is 38.1 Å². The lowest BCUT2D eigenvalue weighted by atomic mass is 9.96. The maximum Gasteiger partial charge on any atom is 0.0900 e. The second-order valence-corrected chi connectivity index (χ2v) is 10.0. The van der Waals surface area contributed by atoms with Gasteiger partial charge in [-0.2, -0.15) is 0 Å². The van der Waals surface area contributed by atoms with E-state index in [1.165, 1.54) is 19.3 Å². The maximum atomic E-state index is 6.73. The number of halogens is 2. The van der Waals surface area contributed by atoms with Gasteiger partial charge in [-0.3, -0.25) is 9.98 Å². The maximum absolute atomic E-state index is 6.73. The summed E-state index contributed by atoms with van der Waals surface area (Å²) in [6, 6.07) is 22.1. The molecule has 1 N–H and O–H groups in total. The number of pyridine rings is 1. The molecule has 3 aromatic rings. The Kier molecular flexibility index (Phi) is 6.34. The molecule has 6 rings (SSSR count). The standard InChI is InChI=1S/C29H25Cl2N5/c30-19-12-13-27(22(31)15-19)36-28-11-5-4-10-23(28)35-26-16-24(34-21-9-6-14-32-18-21)25(17-29(26)36)33-20-7-2-1-3-8-20/h4-6,9-18,20,34H,1-3,7-8H2/b33-25+. The van der Waals surface area contributed by atoms with Crippen LogP contribution in [0.5, 0.6) is 0 Å². The van der Waals surface area contributed by atoms with Crippen molar-refractivity contribution in [3.05, 3.63) is 94.5 Å². The van der Waals surface area contributed by atoms with E-state index in [1.54, 1.807) is 12.3 Å². The van der Waals surface area contributed by atoms with Crippen molar-refractivity contribution in [2.24, 2.45) is 4.99 Å². The van der Waals surface area contributed by atoms with E-state index in [0.29, 0.717) is 16.1 Å². The van der Waals surface area contributed by atoms with Crippen LogP contribution in [0.1, 0.15) is 32.1 Å². The summed E-state index contributed by atoms with van der Waals surface area (Å²) >= 11 is 13.0. The smallest absolute Gasteiger partial charge is 0.0900 e. The topological polar surface area (TPSA) is 55.1 Å². The number of anilines is 2. The molecule has 0 spiro atoms. The average molecular weight is 514 g/mol. The van der Waals surface area contributed by atoms with Gasteiger partial charge in [-0.25, -0.2) is 4.98 Å². The highest BCUT2D eigenvalue weighted by Gasteiger charge is 2.19. The Morgan fingerprint density at radius 2 is 1.78 bits per heavy atom. The van der Waals surface area contributed by atoms with Crippen molar-refractivity contribution in [1.82, 2.24) is 14.5 Å². The molecule has 0 saturated heterocycles. The van der Waals surface area contributed by atoms with E-state index < -0.39 is 0 Å². The predicted octanol–water partition coefficient (Wildman–Crippen LogP) is 7.81. The number of rotatable bonds is 4. The molecule has 36 heavy (non-hydrogen) atoms. The number of nitrogens with zero attached hydrogens (tertiary/aromatic N) is 4. The summed E-state index contributed by atoms with van der Waals surface area (Å²) in [6.07, 6.45) is 9.54. The van der Waals surface area contributed by atoms with Gasteiger partial charge in [-0.05, 0) is 67.4 Å². The van der Waals surface area contributed by atoms with Gasteiger partial charge >= 0.3 is 0 Å². The van der Waals surface area contributed by atoms with Gasteiger partial charge in [0.05, 0.1) is 62.1 Å². The number of fused-ring (bicyclic) bond motifs is 2. The zero-order valence-corrected chi connectivity index (χ0v) is 21.2. The summed E-state index contributed by atoms with van der Waals surface area (Å²) in [5.41, 5.74) is 6.29. The minimum absolute atomic E-state index is 0.312. The van der Waals surface area contributed by atoms with Crippen molar-refractivity contribution in [1.29, 1.82) is 0 Å². The third kappa shape index (κ3) is 4.57. The summed E-state index contributed by atoms with van der Waals surface area (Å²) in [5.74, 6) is 0. The van der Waals surface area contributed by atoms with Gasteiger partial charge in [-0.15, -0.1) is 0 Å². The highest BCUT2D eigenvalue weighted by Crippen LogP contribution is 2.34. The Balaban J connectivity index is 1.64. The molecule has 0 radical (unpaired) electrons. The van der Waals surface area contributed by atoms with E-state index >= 15 is 0 Å². The zero-order chi connectivity index (χ0) is 24.5. The Bertz CT molecular complexity index is 1570. The number of hydrogen-bond acceptors (Lipinski definition) is 4. The highest BCUT2D eigenvalue weighted by atomic mass is 35.5. The quantitative estimate of drug-likeness (QED) is 0.249. The monoisotopic (exact) mass is 513 g/mol. The first kappa shape index (κ1) is 23.0. The van der Waals surface area contributed by atoms with Gasteiger partial charge in [0, 0.05) is 11.2 Å². The molecule has 2 aliphatic carbocycles. The Hall–Kier alpha value is -3.41. The fourth-order valence-electron chi connectivity index (χ4n) is 4.97. The minimum Gasteiger partial charge on any atom is -0.352 e. The van der Waals surface area contributed by atoms with Gasteiger partial charge in [0.2, 0.25) is 0 Å². The van der Waals surface area contributed by atoms with Crippen LogP contribution in [0.15, 0.2) is 84.1 Å². The van der Waals surface area contributed by atoms with Crippen LogP contribution in [-0.2, 0) is 0 Å². The number of benzene rings is 3. The second-order valence-electron chi connectivity index (χ2n) is 9.18. The van der Waals surface area contributed by atoms with Crippen LogP contribution in [0.3, 0.4) is 0 Å². The summed E-state index contributed by atoms with van der Waals surface area (Å²) in [4.78, 5) is 14.5. The molecule has 0 unspecified atom stereocenters. The van der Waals surface area contributed by atoms with E-state index in [-0.39, 0.29) is 0 Å². The van der Waals surface area contributed by atoms with Gasteiger partial charge in [0.15, 0.2) is 0 Å². The first-order valence-corrected chi connectivity index (χ1v) is 13.0. The van der Waals surface area contributed by atoms with Crippen molar-refractivity contribution in [3.63, 3.8) is 0 Å². The molecular formula is C29H25Cl2N5. The van der Waals surface area contributed by atoms with Crippen LogP contribution in [0, 0.1) is 0 Å². The van der Waals surface area contributed by atoms with Crippen LogP contribution in [0.2, 0.25) is 10.0 Å². The fourth-order valence-corrected chi connectivity index (χ4v) is 5.46. The molecule has 2 heterocycles. The summed E-state index contributed by atoms with van der Waals surface area (Å²) in [6.45, 7) is 0. The van der Waals surface area contributed by atoms with Crippen LogP contribution >= 0.6 is 23.2 Å². The zero-order valence-electron chi connectivity index (χ0n) is 19.7. The van der Waals surface area contributed by atoms with E-state index in [4.69, 9.17) is 33.2 Å². The predicted molar refractivity (Wildman–Crippen MR) is 148 cm³/mol. The van der Waals surface area contributed by atoms with Crippen molar-refractivity contribution in [3.8, 4) is 17.1 Å². The van der Waals surface area contributed by atoms with Crippen molar-refractivity contribution >= 4 is 45.6 Å². The summed E-state index contributed by atoms with van der Waals surface area (Å²) in [5, 5.41) is 5.62. The van der Waals surface area contributed by atoms with Gasteiger partial charge in [0.1, 0.15) is 0 Å². The van der Waals surface area contributed by atoms with Crippen LogP contribution < -0.4 is 10.7 Å². The first-order chi connectivity index (χ1) is 17.7. The van der Waals surface area contributed by atoms with E-state index in [9.17, 15) is 0 Å². The molecule has 3 aliphatic rings. The normalized spacial score (nSPS) is 15.0.